The van der Waals surface area contributed by atoms with Crippen molar-refractivity contribution in [3.63, 3.8) is 0 Å². The molecule has 3 nitrogen and oxygen atoms in total. The van der Waals surface area contributed by atoms with E-state index in [1.807, 2.05) is 12.4 Å². The van der Waals surface area contributed by atoms with Gasteiger partial charge in [-0.2, -0.15) is 0 Å². The SMILES string of the molecule is CCCNc1cncc(NCC2CCC2)c1. The van der Waals surface area contributed by atoms with Gasteiger partial charge in [0.2, 0.25) is 0 Å². The van der Waals surface area contributed by atoms with E-state index in [-0.39, 0.29) is 0 Å². The molecule has 0 aromatic carbocycles. The first-order valence-corrected chi connectivity index (χ1v) is 6.31. The summed E-state index contributed by atoms with van der Waals surface area (Å²) in [4.78, 5) is 4.23. The summed E-state index contributed by atoms with van der Waals surface area (Å²) in [5.41, 5.74) is 2.24. The highest BCUT2D eigenvalue weighted by Gasteiger charge is 2.16. The van der Waals surface area contributed by atoms with E-state index in [2.05, 4.69) is 28.6 Å². The zero-order valence-corrected chi connectivity index (χ0v) is 10.00. The van der Waals surface area contributed by atoms with E-state index in [4.69, 9.17) is 0 Å². The van der Waals surface area contributed by atoms with Crippen LogP contribution in [0.1, 0.15) is 32.6 Å². The van der Waals surface area contributed by atoms with Crippen molar-refractivity contribution in [1.82, 2.24) is 4.98 Å². The fourth-order valence-electron chi connectivity index (χ4n) is 1.86. The van der Waals surface area contributed by atoms with Gasteiger partial charge in [0.25, 0.3) is 0 Å². The second-order valence-electron chi connectivity index (χ2n) is 4.57. The van der Waals surface area contributed by atoms with E-state index in [1.165, 1.54) is 19.3 Å². The number of pyridine rings is 1. The molecule has 0 spiro atoms. The molecule has 0 unspecified atom stereocenters. The van der Waals surface area contributed by atoms with Crippen LogP contribution in [0.4, 0.5) is 11.4 Å². The highest BCUT2D eigenvalue weighted by Crippen LogP contribution is 2.26. The molecule has 1 aliphatic carbocycles. The molecule has 1 fully saturated rings. The first kappa shape index (κ1) is 11.2. The van der Waals surface area contributed by atoms with Gasteiger partial charge >= 0.3 is 0 Å². The Balaban J connectivity index is 1.82. The summed E-state index contributed by atoms with van der Waals surface area (Å²) in [6.45, 7) is 4.27. The Labute approximate surface area is 97.7 Å². The highest BCUT2D eigenvalue weighted by molar-refractivity contribution is 5.53. The number of hydrogen-bond donors (Lipinski definition) is 2. The Hall–Kier alpha value is -1.25. The third-order valence-electron chi connectivity index (χ3n) is 3.14. The summed E-state index contributed by atoms with van der Waals surface area (Å²) in [6.07, 6.45) is 9.09. The monoisotopic (exact) mass is 219 g/mol. The standard InChI is InChI=1S/C13H21N3/c1-2-6-15-12-7-13(10-14-9-12)16-8-11-4-3-5-11/h7,9-11,15-16H,2-6,8H2,1H3. The number of rotatable bonds is 6. The van der Waals surface area contributed by atoms with Crippen LogP contribution in [0.2, 0.25) is 0 Å². The van der Waals surface area contributed by atoms with Gasteiger partial charge < -0.3 is 10.6 Å². The molecule has 0 bridgehead atoms. The van der Waals surface area contributed by atoms with E-state index >= 15 is 0 Å². The van der Waals surface area contributed by atoms with E-state index in [1.54, 1.807) is 0 Å². The van der Waals surface area contributed by atoms with Gasteiger partial charge in [-0.25, -0.2) is 0 Å². The van der Waals surface area contributed by atoms with Crippen LogP contribution in [-0.4, -0.2) is 18.1 Å². The molecule has 1 aromatic rings. The van der Waals surface area contributed by atoms with Crippen LogP contribution in [0.3, 0.4) is 0 Å². The van der Waals surface area contributed by atoms with Gasteiger partial charge in [-0.3, -0.25) is 4.98 Å². The number of anilines is 2. The van der Waals surface area contributed by atoms with Crippen LogP contribution >= 0.6 is 0 Å². The second kappa shape index (κ2) is 5.73. The zero-order valence-electron chi connectivity index (χ0n) is 10.00. The molecule has 1 aliphatic rings. The zero-order chi connectivity index (χ0) is 11.2. The summed E-state index contributed by atoms with van der Waals surface area (Å²) in [7, 11) is 0. The van der Waals surface area contributed by atoms with Crippen LogP contribution in [0.15, 0.2) is 18.5 Å². The van der Waals surface area contributed by atoms with Crippen LogP contribution in [-0.2, 0) is 0 Å². The smallest absolute Gasteiger partial charge is 0.0547 e. The lowest BCUT2D eigenvalue weighted by molar-refractivity contribution is 0.333. The predicted octanol–water partition coefficient (Wildman–Crippen LogP) is 3.12. The minimum Gasteiger partial charge on any atom is -0.384 e. The van der Waals surface area contributed by atoms with E-state index < -0.39 is 0 Å². The van der Waals surface area contributed by atoms with Crippen LogP contribution in [0.5, 0.6) is 0 Å². The lowest BCUT2D eigenvalue weighted by Gasteiger charge is -2.25. The van der Waals surface area contributed by atoms with Crippen molar-refractivity contribution in [2.45, 2.75) is 32.6 Å². The van der Waals surface area contributed by atoms with Crippen molar-refractivity contribution in [3.8, 4) is 0 Å². The topological polar surface area (TPSA) is 37.0 Å². The molecule has 3 heteroatoms. The molecule has 88 valence electrons. The normalized spacial score (nSPS) is 15.6. The molecule has 0 amide bonds. The lowest BCUT2D eigenvalue weighted by atomic mass is 9.85. The van der Waals surface area contributed by atoms with E-state index in [9.17, 15) is 0 Å². The fraction of sp³-hybridized carbons (Fsp3) is 0.615. The molecule has 1 saturated carbocycles. The van der Waals surface area contributed by atoms with Gasteiger partial charge in [0.1, 0.15) is 0 Å². The molecular formula is C13H21N3. The second-order valence-corrected chi connectivity index (χ2v) is 4.57. The van der Waals surface area contributed by atoms with Gasteiger partial charge in [0.15, 0.2) is 0 Å². The lowest BCUT2D eigenvalue weighted by Crippen LogP contribution is -2.20. The Bertz CT molecular complexity index is 321. The van der Waals surface area contributed by atoms with Gasteiger partial charge in [0.05, 0.1) is 23.8 Å². The Morgan fingerprint density at radius 1 is 1.25 bits per heavy atom. The Kier molecular flexibility index (Phi) is 4.03. The molecule has 0 radical (unpaired) electrons. The van der Waals surface area contributed by atoms with Gasteiger partial charge in [-0.05, 0) is 31.2 Å². The Morgan fingerprint density at radius 3 is 2.62 bits per heavy atom. The van der Waals surface area contributed by atoms with Crippen molar-refractivity contribution in [1.29, 1.82) is 0 Å². The molecular weight excluding hydrogens is 198 g/mol. The molecule has 1 heterocycles. The summed E-state index contributed by atoms with van der Waals surface area (Å²) in [5, 5.41) is 6.81. The van der Waals surface area contributed by atoms with Crippen molar-refractivity contribution in [2.75, 3.05) is 23.7 Å². The summed E-state index contributed by atoms with van der Waals surface area (Å²) in [5.74, 6) is 0.882. The minimum absolute atomic E-state index is 0.882. The molecule has 2 N–H and O–H groups in total. The van der Waals surface area contributed by atoms with Crippen molar-refractivity contribution in [3.05, 3.63) is 18.5 Å². The average molecular weight is 219 g/mol. The molecule has 2 rings (SSSR count). The summed E-state index contributed by atoms with van der Waals surface area (Å²) in [6, 6.07) is 2.14. The largest absolute Gasteiger partial charge is 0.384 e. The molecule has 0 atom stereocenters. The van der Waals surface area contributed by atoms with E-state index in [0.717, 1.165) is 36.8 Å². The summed E-state index contributed by atoms with van der Waals surface area (Å²) < 4.78 is 0. The van der Waals surface area contributed by atoms with Crippen molar-refractivity contribution in [2.24, 2.45) is 5.92 Å². The highest BCUT2D eigenvalue weighted by atomic mass is 14.9. The minimum atomic E-state index is 0.882. The first-order chi connectivity index (χ1) is 7.88. The third kappa shape index (κ3) is 3.12. The number of aromatic nitrogens is 1. The number of nitrogens with zero attached hydrogens (tertiary/aromatic N) is 1. The molecule has 0 aliphatic heterocycles. The van der Waals surface area contributed by atoms with Crippen LogP contribution < -0.4 is 10.6 Å². The van der Waals surface area contributed by atoms with Gasteiger partial charge in [-0.15, -0.1) is 0 Å². The predicted molar refractivity (Wildman–Crippen MR) is 68.8 cm³/mol. The summed E-state index contributed by atoms with van der Waals surface area (Å²) >= 11 is 0. The van der Waals surface area contributed by atoms with Gasteiger partial charge in [-0.1, -0.05) is 13.3 Å². The average Bonchev–Trinajstić information content (AvgIpc) is 2.25. The maximum absolute atomic E-state index is 4.23. The van der Waals surface area contributed by atoms with Gasteiger partial charge in [0, 0.05) is 13.1 Å². The fourth-order valence-corrected chi connectivity index (χ4v) is 1.86. The maximum atomic E-state index is 4.23. The van der Waals surface area contributed by atoms with E-state index in [0.29, 0.717) is 0 Å². The van der Waals surface area contributed by atoms with Crippen LogP contribution in [0, 0.1) is 5.92 Å². The molecule has 16 heavy (non-hydrogen) atoms. The third-order valence-corrected chi connectivity index (χ3v) is 3.14. The molecule has 1 aromatic heterocycles. The number of nitrogens with one attached hydrogen (secondary N) is 2. The first-order valence-electron chi connectivity index (χ1n) is 6.31. The molecule has 0 saturated heterocycles. The maximum Gasteiger partial charge on any atom is 0.0547 e. The van der Waals surface area contributed by atoms with Crippen molar-refractivity contribution < 1.29 is 0 Å². The number of hydrogen-bond acceptors (Lipinski definition) is 3. The van der Waals surface area contributed by atoms with Crippen molar-refractivity contribution >= 4 is 11.4 Å². The Morgan fingerprint density at radius 2 is 2.00 bits per heavy atom. The van der Waals surface area contributed by atoms with Crippen LogP contribution in [0.25, 0.3) is 0 Å². The quantitative estimate of drug-likeness (QED) is 0.772.